The number of benzene rings is 3. The molecule has 48 heavy (non-hydrogen) atoms. The number of hydrogen-bond acceptors (Lipinski definition) is 9. The third kappa shape index (κ3) is 7.93. The van der Waals surface area contributed by atoms with E-state index in [0.29, 0.717) is 51.9 Å². The summed E-state index contributed by atoms with van der Waals surface area (Å²) in [4.78, 5) is 31.3. The Morgan fingerprint density at radius 2 is 1.67 bits per heavy atom. The predicted octanol–water partition coefficient (Wildman–Crippen LogP) is 6.16. The van der Waals surface area contributed by atoms with Crippen molar-refractivity contribution in [3.63, 3.8) is 0 Å². The number of likely N-dealkylation sites (N-methyl/N-ethyl adjacent to an activating group) is 1. The zero-order chi connectivity index (χ0) is 33.8. The lowest BCUT2D eigenvalue weighted by Crippen LogP contribution is -2.51. The van der Waals surface area contributed by atoms with Crippen LogP contribution in [0.15, 0.2) is 66.7 Å². The third-order valence-corrected chi connectivity index (χ3v) is 8.77. The summed E-state index contributed by atoms with van der Waals surface area (Å²) in [5, 5.41) is 2.31. The van der Waals surface area contributed by atoms with Crippen LogP contribution in [0.25, 0.3) is 10.8 Å². The van der Waals surface area contributed by atoms with Crippen LogP contribution in [0.3, 0.4) is 0 Å². The van der Waals surface area contributed by atoms with E-state index in [4.69, 9.17) is 24.2 Å². The molecule has 3 heterocycles. The van der Waals surface area contributed by atoms with E-state index in [-0.39, 0.29) is 12.1 Å². The maximum Gasteiger partial charge on any atom is 0.410 e. The number of carbonyl (C=O) groups excluding carboxylic acids is 1. The van der Waals surface area contributed by atoms with Crippen LogP contribution in [0, 0.1) is 0 Å². The Labute approximate surface area is 284 Å². The Kier molecular flexibility index (Phi) is 9.91. The first-order valence-electron chi connectivity index (χ1n) is 16.9. The molecule has 1 atom stereocenters. The summed E-state index contributed by atoms with van der Waals surface area (Å²) in [7, 11) is 4.04. The van der Waals surface area contributed by atoms with Gasteiger partial charge in [0, 0.05) is 61.5 Å². The lowest BCUT2D eigenvalue weighted by atomic mass is 9.96. The molecule has 0 N–H and O–H groups in total. The summed E-state index contributed by atoms with van der Waals surface area (Å²) >= 11 is 0. The fraction of sp³-hybridized carbons (Fsp3) is 0.447. The van der Waals surface area contributed by atoms with Gasteiger partial charge in [0.15, 0.2) is 0 Å². The van der Waals surface area contributed by atoms with Gasteiger partial charge in [0.25, 0.3) is 0 Å². The van der Waals surface area contributed by atoms with Gasteiger partial charge in [-0.15, -0.1) is 0 Å². The molecular weight excluding hydrogens is 604 g/mol. The maximum atomic E-state index is 12.8. The highest BCUT2D eigenvalue weighted by Crippen LogP contribution is 2.39. The van der Waals surface area contributed by atoms with Crippen molar-refractivity contribution in [1.29, 1.82) is 0 Å². The van der Waals surface area contributed by atoms with Crippen molar-refractivity contribution in [3.8, 4) is 11.8 Å². The zero-order valence-electron chi connectivity index (χ0n) is 29.1. The van der Waals surface area contributed by atoms with Gasteiger partial charge >= 0.3 is 12.1 Å². The van der Waals surface area contributed by atoms with Crippen LogP contribution in [-0.4, -0.2) is 90.9 Å². The van der Waals surface area contributed by atoms with Gasteiger partial charge in [0.1, 0.15) is 30.4 Å². The molecule has 1 amide bonds. The molecule has 0 aliphatic carbocycles. The summed E-state index contributed by atoms with van der Waals surface area (Å²) in [6.45, 7) is 12.8. The van der Waals surface area contributed by atoms with Gasteiger partial charge in [-0.3, -0.25) is 0 Å². The zero-order valence-corrected chi connectivity index (χ0v) is 29.1. The first-order valence-corrected chi connectivity index (χ1v) is 16.9. The molecule has 0 saturated carbocycles. The molecule has 10 heteroatoms. The molecule has 1 aromatic heterocycles. The second kappa shape index (κ2) is 14.3. The second-order valence-corrected chi connectivity index (χ2v) is 14.0. The van der Waals surface area contributed by atoms with Crippen LogP contribution < -0.4 is 19.3 Å². The quantitative estimate of drug-likeness (QED) is 0.211. The number of fused-ring (bicyclic) bond motifs is 2. The monoisotopic (exact) mass is 652 g/mol. The van der Waals surface area contributed by atoms with Crippen molar-refractivity contribution in [2.75, 3.05) is 63.2 Å². The highest BCUT2D eigenvalue weighted by molar-refractivity contribution is 5.96. The molecule has 10 nitrogen and oxygen atoms in total. The smallest absolute Gasteiger partial charge is 0.410 e. The lowest BCUT2D eigenvalue weighted by Gasteiger charge is -2.40. The molecule has 0 bridgehead atoms. The van der Waals surface area contributed by atoms with E-state index in [1.165, 1.54) is 5.39 Å². The number of carbonyl (C=O) groups is 1. The van der Waals surface area contributed by atoms with Gasteiger partial charge in [-0.05, 0) is 65.2 Å². The van der Waals surface area contributed by atoms with E-state index in [9.17, 15) is 4.79 Å². The molecule has 2 aliphatic rings. The highest BCUT2D eigenvalue weighted by atomic mass is 16.6. The summed E-state index contributed by atoms with van der Waals surface area (Å²) in [6.07, 6.45) is 0.504. The Hall–Kier alpha value is -4.57. The average molecular weight is 653 g/mol. The van der Waals surface area contributed by atoms with Crippen LogP contribution in [0.5, 0.6) is 11.8 Å². The van der Waals surface area contributed by atoms with Gasteiger partial charge in [0.05, 0.1) is 12.2 Å². The Balaban J connectivity index is 1.29. The normalized spacial score (nSPS) is 16.6. The molecule has 4 aromatic rings. The second-order valence-electron chi connectivity index (χ2n) is 14.0. The SMILES string of the molecule is CC1Cc2c(nc(OCCN(C)C)nc2N2CCN(C(=O)OC(C)(C)C)CC2)CN1c1cc(OCc2ccccc2)cc2ccccc12. The number of piperazine rings is 1. The molecule has 6 rings (SSSR count). The van der Waals surface area contributed by atoms with Gasteiger partial charge in [-0.1, -0.05) is 54.6 Å². The van der Waals surface area contributed by atoms with Crippen molar-refractivity contribution >= 4 is 28.4 Å². The van der Waals surface area contributed by atoms with Crippen LogP contribution >= 0.6 is 0 Å². The molecular formula is C38H48N6O4. The van der Waals surface area contributed by atoms with Crippen LogP contribution in [0.2, 0.25) is 0 Å². The third-order valence-electron chi connectivity index (χ3n) is 8.77. The van der Waals surface area contributed by atoms with Gasteiger partial charge in [0.2, 0.25) is 0 Å². The Morgan fingerprint density at radius 3 is 2.40 bits per heavy atom. The molecule has 1 fully saturated rings. The van der Waals surface area contributed by atoms with E-state index in [2.05, 4.69) is 70.2 Å². The topological polar surface area (TPSA) is 83.5 Å². The van der Waals surface area contributed by atoms with Crippen molar-refractivity contribution in [3.05, 3.63) is 83.6 Å². The first kappa shape index (κ1) is 33.3. The van der Waals surface area contributed by atoms with Crippen molar-refractivity contribution < 1.29 is 19.0 Å². The van der Waals surface area contributed by atoms with Crippen molar-refractivity contribution in [1.82, 2.24) is 19.8 Å². The van der Waals surface area contributed by atoms with Crippen LogP contribution in [0.1, 0.15) is 44.5 Å². The number of rotatable bonds is 9. The average Bonchev–Trinajstić information content (AvgIpc) is 3.06. The van der Waals surface area contributed by atoms with E-state index in [0.717, 1.165) is 52.4 Å². The molecule has 254 valence electrons. The summed E-state index contributed by atoms with van der Waals surface area (Å²) in [5.41, 5.74) is 3.83. The molecule has 1 unspecified atom stereocenters. The van der Waals surface area contributed by atoms with E-state index < -0.39 is 5.60 Å². The largest absolute Gasteiger partial charge is 0.489 e. The predicted molar refractivity (Wildman–Crippen MR) is 190 cm³/mol. The molecule has 0 radical (unpaired) electrons. The molecule has 1 saturated heterocycles. The fourth-order valence-electron chi connectivity index (χ4n) is 6.28. The number of anilines is 2. The number of amides is 1. The number of aromatic nitrogens is 2. The Bertz CT molecular complexity index is 1720. The summed E-state index contributed by atoms with van der Waals surface area (Å²) in [6, 6.07) is 23.6. The number of hydrogen-bond donors (Lipinski definition) is 0. The summed E-state index contributed by atoms with van der Waals surface area (Å²) < 4.78 is 18.1. The van der Waals surface area contributed by atoms with Gasteiger partial charge in [-0.25, -0.2) is 4.79 Å². The van der Waals surface area contributed by atoms with E-state index in [1.54, 1.807) is 4.90 Å². The standard InChI is InChI=1S/C38H48N6O4/c1-27-22-32-33(25-44(27)34-24-30(23-29-14-10-11-15-31(29)34)47-26-28-12-8-7-9-13-28)39-36(46-21-20-41(5)6)40-35(32)42-16-18-43(19-17-42)37(45)48-38(2,3)4/h7-15,23-24,27H,16-22,25-26H2,1-6H3. The van der Waals surface area contributed by atoms with Crippen LogP contribution in [-0.2, 0) is 24.3 Å². The maximum absolute atomic E-state index is 12.8. The number of nitrogens with zero attached hydrogens (tertiary/aromatic N) is 6. The lowest BCUT2D eigenvalue weighted by molar-refractivity contribution is 0.0240. The molecule has 3 aromatic carbocycles. The molecule has 2 aliphatic heterocycles. The van der Waals surface area contributed by atoms with Gasteiger partial charge < -0.3 is 33.8 Å². The number of ether oxygens (including phenoxy) is 3. The van der Waals surface area contributed by atoms with E-state index in [1.807, 2.05) is 53.1 Å². The van der Waals surface area contributed by atoms with Crippen molar-refractivity contribution in [2.45, 2.75) is 58.9 Å². The minimum Gasteiger partial charge on any atom is -0.489 e. The minimum absolute atomic E-state index is 0.177. The van der Waals surface area contributed by atoms with Crippen LogP contribution in [0.4, 0.5) is 16.3 Å². The molecule has 0 spiro atoms. The fourth-order valence-corrected chi connectivity index (χ4v) is 6.28. The minimum atomic E-state index is -0.528. The van der Waals surface area contributed by atoms with Gasteiger partial charge in [-0.2, -0.15) is 9.97 Å². The summed E-state index contributed by atoms with van der Waals surface area (Å²) in [5.74, 6) is 1.74. The van der Waals surface area contributed by atoms with E-state index >= 15 is 0 Å². The van der Waals surface area contributed by atoms with Crippen molar-refractivity contribution in [2.24, 2.45) is 0 Å². The first-order chi connectivity index (χ1) is 23.0. The highest BCUT2D eigenvalue weighted by Gasteiger charge is 2.33. The Morgan fingerprint density at radius 1 is 0.938 bits per heavy atom.